The molecule has 0 aliphatic heterocycles. The fourth-order valence-corrected chi connectivity index (χ4v) is 1.26. The van der Waals surface area contributed by atoms with Gasteiger partial charge < -0.3 is 10.5 Å². The highest BCUT2D eigenvalue weighted by Gasteiger charge is 2.28. The first-order valence-corrected chi connectivity index (χ1v) is 5.18. The summed E-state index contributed by atoms with van der Waals surface area (Å²) in [6.07, 6.45) is 1.49. The molecular formula is C12H15N3O2. The molecule has 0 spiro atoms. The van der Waals surface area contributed by atoms with Gasteiger partial charge in [0.2, 0.25) is 0 Å². The molecule has 1 unspecified atom stereocenters. The fourth-order valence-electron chi connectivity index (χ4n) is 1.26. The molecule has 0 aromatic carbocycles. The van der Waals surface area contributed by atoms with Gasteiger partial charge in [0.15, 0.2) is 5.92 Å². The van der Waals surface area contributed by atoms with Crippen molar-refractivity contribution in [3.8, 4) is 6.07 Å². The third-order valence-corrected chi connectivity index (χ3v) is 1.92. The molecule has 0 radical (unpaired) electrons. The molecule has 1 atom stereocenters. The van der Waals surface area contributed by atoms with Crippen molar-refractivity contribution in [2.24, 2.45) is 0 Å². The van der Waals surface area contributed by atoms with Gasteiger partial charge in [0.25, 0.3) is 0 Å². The van der Waals surface area contributed by atoms with Gasteiger partial charge in [0, 0.05) is 6.20 Å². The number of carbonyl (C=O) groups is 1. The van der Waals surface area contributed by atoms with Crippen LogP contribution in [0.2, 0.25) is 0 Å². The number of pyridine rings is 1. The lowest BCUT2D eigenvalue weighted by molar-refractivity contribution is -0.155. The van der Waals surface area contributed by atoms with Gasteiger partial charge in [-0.15, -0.1) is 0 Å². The molecule has 0 saturated heterocycles. The first kappa shape index (κ1) is 13.0. The summed E-state index contributed by atoms with van der Waals surface area (Å²) in [5, 5.41) is 9.02. The molecule has 5 nitrogen and oxygen atoms in total. The van der Waals surface area contributed by atoms with Gasteiger partial charge in [0.1, 0.15) is 5.60 Å². The lowest BCUT2D eigenvalue weighted by Crippen LogP contribution is -2.28. The van der Waals surface area contributed by atoms with Crippen molar-refractivity contribution < 1.29 is 9.53 Å². The summed E-state index contributed by atoms with van der Waals surface area (Å²) in [5.74, 6) is -1.72. The normalized spacial score (nSPS) is 12.6. The number of aromatic nitrogens is 1. The second kappa shape index (κ2) is 4.83. The molecule has 17 heavy (non-hydrogen) atoms. The number of nitrogen functional groups attached to an aromatic ring is 1. The van der Waals surface area contributed by atoms with E-state index in [1.54, 1.807) is 32.9 Å². The lowest BCUT2D eigenvalue weighted by atomic mass is 10.0. The lowest BCUT2D eigenvalue weighted by Gasteiger charge is -2.21. The maximum absolute atomic E-state index is 11.8. The highest BCUT2D eigenvalue weighted by atomic mass is 16.6. The van der Waals surface area contributed by atoms with Crippen molar-refractivity contribution in [2.45, 2.75) is 32.3 Å². The molecule has 5 heteroatoms. The van der Waals surface area contributed by atoms with Crippen molar-refractivity contribution in [1.82, 2.24) is 4.98 Å². The number of carbonyl (C=O) groups excluding carboxylic acids is 1. The predicted molar refractivity (Wildman–Crippen MR) is 62.8 cm³/mol. The average Bonchev–Trinajstić information content (AvgIpc) is 2.19. The number of nitrogens with zero attached hydrogens (tertiary/aromatic N) is 2. The zero-order valence-corrected chi connectivity index (χ0v) is 10.1. The van der Waals surface area contributed by atoms with Gasteiger partial charge in [-0.3, -0.25) is 9.78 Å². The second-order valence-electron chi connectivity index (χ2n) is 4.57. The Morgan fingerprint density at radius 3 is 2.71 bits per heavy atom. The molecule has 0 aliphatic carbocycles. The van der Waals surface area contributed by atoms with E-state index in [1.165, 1.54) is 6.20 Å². The highest BCUT2D eigenvalue weighted by Crippen LogP contribution is 2.22. The number of nitrogens with two attached hydrogens (primary N) is 1. The largest absolute Gasteiger partial charge is 0.459 e. The molecule has 0 fully saturated rings. The van der Waals surface area contributed by atoms with Gasteiger partial charge in [-0.25, -0.2) is 0 Å². The molecular weight excluding hydrogens is 218 g/mol. The minimum absolute atomic E-state index is 0.240. The van der Waals surface area contributed by atoms with E-state index in [1.807, 2.05) is 6.07 Å². The zero-order chi connectivity index (χ0) is 13.1. The van der Waals surface area contributed by atoms with E-state index >= 15 is 0 Å². The van der Waals surface area contributed by atoms with Crippen molar-refractivity contribution in [3.05, 3.63) is 24.0 Å². The van der Waals surface area contributed by atoms with Crippen LogP contribution in [0.4, 0.5) is 5.69 Å². The monoisotopic (exact) mass is 233 g/mol. The molecule has 0 amide bonds. The first-order valence-electron chi connectivity index (χ1n) is 5.18. The third-order valence-electron chi connectivity index (χ3n) is 1.92. The Bertz CT molecular complexity index is 458. The first-order chi connectivity index (χ1) is 7.85. The number of nitriles is 1. The molecule has 1 heterocycles. The minimum atomic E-state index is -1.09. The summed E-state index contributed by atoms with van der Waals surface area (Å²) < 4.78 is 5.14. The third kappa shape index (κ3) is 3.45. The fraction of sp³-hybridized carbons (Fsp3) is 0.417. The van der Waals surface area contributed by atoms with Crippen molar-refractivity contribution in [3.63, 3.8) is 0 Å². The molecule has 0 bridgehead atoms. The van der Waals surface area contributed by atoms with Gasteiger partial charge in [0.05, 0.1) is 17.5 Å². The maximum Gasteiger partial charge on any atom is 0.330 e. The molecule has 90 valence electrons. The van der Waals surface area contributed by atoms with E-state index in [0.29, 0.717) is 5.69 Å². The van der Waals surface area contributed by atoms with E-state index in [4.69, 9.17) is 15.7 Å². The van der Waals surface area contributed by atoms with Crippen LogP contribution in [-0.2, 0) is 9.53 Å². The van der Waals surface area contributed by atoms with Crippen LogP contribution >= 0.6 is 0 Å². The topological polar surface area (TPSA) is 89.0 Å². The van der Waals surface area contributed by atoms with Crippen LogP contribution in [0.1, 0.15) is 32.4 Å². The maximum atomic E-state index is 11.8. The standard InChI is InChI=1S/C12H15N3O2/c1-12(2,3)17-11(16)8(7-13)10-9(14)5-4-6-15-10/h4-6,8H,14H2,1-3H3. The number of hydrogen-bond donors (Lipinski definition) is 1. The van der Waals surface area contributed by atoms with Crippen LogP contribution < -0.4 is 5.73 Å². The summed E-state index contributed by atoms with van der Waals surface area (Å²) in [4.78, 5) is 15.8. The molecule has 1 rings (SSSR count). The number of rotatable bonds is 2. The van der Waals surface area contributed by atoms with Crippen LogP contribution in [0.15, 0.2) is 18.3 Å². The predicted octanol–water partition coefficient (Wildman–Crippen LogP) is 1.61. The Labute approximate surface area is 100 Å². The van der Waals surface area contributed by atoms with Gasteiger partial charge in [-0.05, 0) is 32.9 Å². The van der Waals surface area contributed by atoms with E-state index in [-0.39, 0.29) is 5.69 Å². The summed E-state index contributed by atoms with van der Waals surface area (Å²) in [7, 11) is 0. The number of hydrogen-bond acceptors (Lipinski definition) is 5. The van der Waals surface area contributed by atoms with Crippen LogP contribution in [0.3, 0.4) is 0 Å². The SMILES string of the molecule is CC(C)(C)OC(=O)C(C#N)c1ncccc1N. The van der Waals surface area contributed by atoms with Gasteiger partial charge >= 0.3 is 5.97 Å². The van der Waals surface area contributed by atoms with E-state index < -0.39 is 17.5 Å². The Morgan fingerprint density at radius 2 is 2.24 bits per heavy atom. The summed E-state index contributed by atoms with van der Waals surface area (Å²) >= 11 is 0. The Balaban J connectivity index is 2.98. The molecule has 0 aliphatic rings. The smallest absolute Gasteiger partial charge is 0.330 e. The van der Waals surface area contributed by atoms with Crippen LogP contribution in [0.25, 0.3) is 0 Å². The van der Waals surface area contributed by atoms with E-state index in [0.717, 1.165) is 0 Å². The summed E-state index contributed by atoms with van der Waals surface area (Å²) in [6, 6.07) is 5.10. The van der Waals surface area contributed by atoms with Crippen LogP contribution in [0.5, 0.6) is 0 Å². The molecule has 1 aromatic heterocycles. The quantitative estimate of drug-likeness (QED) is 0.784. The molecule has 2 N–H and O–H groups in total. The Kier molecular flexibility index (Phi) is 3.69. The van der Waals surface area contributed by atoms with Crippen molar-refractivity contribution in [1.29, 1.82) is 5.26 Å². The Morgan fingerprint density at radius 1 is 1.59 bits per heavy atom. The molecule has 1 aromatic rings. The number of esters is 1. The van der Waals surface area contributed by atoms with Gasteiger partial charge in [-0.2, -0.15) is 5.26 Å². The van der Waals surface area contributed by atoms with Crippen molar-refractivity contribution >= 4 is 11.7 Å². The van der Waals surface area contributed by atoms with Crippen molar-refractivity contribution in [2.75, 3.05) is 5.73 Å². The summed E-state index contributed by atoms with van der Waals surface area (Å²) in [6.45, 7) is 5.21. The summed E-state index contributed by atoms with van der Waals surface area (Å²) in [5.41, 5.74) is 5.58. The van der Waals surface area contributed by atoms with Gasteiger partial charge in [-0.1, -0.05) is 0 Å². The molecule has 0 saturated carbocycles. The van der Waals surface area contributed by atoms with Crippen LogP contribution in [-0.4, -0.2) is 16.6 Å². The minimum Gasteiger partial charge on any atom is -0.459 e. The van der Waals surface area contributed by atoms with Crippen LogP contribution in [0, 0.1) is 11.3 Å². The van der Waals surface area contributed by atoms with E-state index in [2.05, 4.69) is 4.98 Å². The highest BCUT2D eigenvalue weighted by molar-refractivity contribution is 5.82. The average molecular weight is 233 g/mol. The second-order valence-corrected chi connectivity index (χ2v) is 4.57. The zero-order valence-electron chi connectivity index (χ0n) is 10.1. The Hall–Kier alpha value is -2.09. The number of anilines is 1. The van der Waals surface area contributed by atoms with E-state index in [9.17, 15) is 4.79 Å². The number of ether oxygens (including phenoxy) is 1.